The molecule has 0 aliphatic carbocycles. The Bertz CT molecular complexity index is 1300. The second-order valence-corrected chi connectivity index (χ2v) is 9.97. The second-order valence-electron chi connectivity index (χ2n) is 9.97. The number of esters is 4. The zero-order chi connectivity index (χ0) is 31.5. The van der Waals surface area contributed by atoms with Gasteiger partial charge in [0.15, 0.2) is 29.3 Å². The van der Waals surface area contributed by atoms with Crippen LogP contribution >= 0.6 is 0 Å². The molecule has 0 spiro atoms. The summed E-state index contributed by atoms with van der Waals surface area (Å²) in [5, 5.41) is 2.46. The monoisotopic (exact) mass is 600 g/mol. The van der Waals surface area contributed by atoms with Crippen LogP contribution in [0.4, 0.5) is 0 Å². The van der Waals surface area contributed by atoms with Gasteiger partial charge in [-0.25, -0.2) is 9.78 Å². The molecule has 43 heavy (non-hydrogen) atoms. The topological polar surface area (TPSA) is 166 Å². The maximum Gasteiger partial charge on any atom is 0.332 e. The number of cyclic esters (lactones) is 2. The van der Waals surface area contributed by atoms with Crippen LogP contribution in [0.1, 0.15) is 50.2 Å². The first-order valence-electron chi connectivity index (χ1n) is 13.8. The standard InChI is InChI=1S/C30H36N2O11/c1-6-23(33)40-16-41-26-22(38-5)12-13-31-24(26)27(34)32-21-15-39-29(36)20(14-19-10-8-7-9-11-19)25(18(4)42-30(21)37)43-28(35)17(2)3/h7-13,17-18,20-21,25H,6,14-16H2,1-5H3,(H,32,34). The van der Waals surface area contributed by atoms with E-state index in [-0.39, 0.29) is 30.0 Å². The lowest BCUT2D eigenvalue weighted by molar-refractivity contribution is -0.176. The van der Waals surface area contributed by atoms with Crippen molar-refractivity contribution >= 4 is 29.8 Å². The van der Waals surface area contributed by atoms with E-state index in [4.69, 9.17) is 28.4 Å². The summed E-state index contributed by atoms with van der Waals surface area (Å²) in [6.07, 6.45) is -0.690. The quantitative estimate of drug-likeness (QED) is 0.228. The molecule has 1 N–H and O–H groups in total. The predicted octanol–water partition coefficient (Wildman–Crippen LogP) is 2.39. The SMILES string of the molecule is CCC(=O)OCOc1c(OC)ccnc1C(=O)NC1COC(=O)C(Cc2ccccc2)C(OC(=O)C(C)C)C(C)OC1=O. The molecule has 1 aliphatic heterocycles. The van der Waals surface area contributed by atoms with Crippen LogP contribution in [0.2, 0.25) is 0 Å². The van der Waals surface area contributed by atoms with Gasteiger partial charge >= 0.3 is 23.9 Å². The summed E-state index contributed by atoms with van der Waals surface area (Å²) in [4.78, 5) is 68.0. The van der Waals surface area contributed by atoms with Crippen LogP contribution < -0.4 is 14.8 Å². The molecule has 1 amide bonds. The van der Waals surface area contributed by atoms with Crippen LogP contribution in [-0.4, -0.2) is 73.5 Å². The van der Waals surface area contributed by atoms with E-state index in [1.807, 2.05) is 18.2 Å². The Morgan fingerprint density at radius 2 is 1.81 bits per heavy atom. The third kappa shape index (κ3) is 8.90. The number of nitrogens with one attached hydrogen (secondary N) is 1. The van der Waals surface area contributed by atoms with Crippen LogP contribution in [0.15, 0.2) is 42.6 Å². The average Bonchev–Trinajstić information content (AvgIpc) is 3.03. The van der Waals surface area contributed by atoms with E-state index in [0.29, 0.717) is 0 Å². The van der Waals surface area contributed by atoms with Crippen molar-refractivity contribution in [3.63, 3.8) is 0 Å². The molecule has 0 bridgehead atoms. The zero-order valence-electron chi connectivity index (χ0n) is 24.7. The van der Waals surface area contributed by atoms with Gasteiger partial charge < -0.3 is 33.7 Å². The van der Waals surface area contributed by atoms with Crippen molar-refractivity contribution in [3.05, 3.63) is 53.9 Å². The molecule has 1 fully saturated rings. The molecule has 0 radical (unpaired) electrons. The molecular weight excluding hydrogens is 564 g/mol. The minimum atomic E-state index is -1.45. The summed E-state index contributed by atoms with van der Waals surface area (Å²) >= 11 is 0. The number of methoxy groups -OCH3 is 1. The van der Waals surface area contributed by atoms with Crippen molar-refractivity contribution in [2.24, 2.45) is 11.8 Å². The Hall–Kier alpha value is -4.68. The van der Waals surface area contributed by atoms with Crippen molar-refractivity contribution in [2.45, 2.75) is 58.8 Å². The van der Waals surface area contributed by atoms with Gasteiger partial charge in [0.05, 0.1) is 13.0 Å². The van der Waals surface area contributed by atoms with Crippen LogP contribution in [0, 0.1) is 11.8 Å². The zero-order valence-corrected chi connectivity index (χ0v) is 24.7. The number of rotatable bonds is 11. The molecule has 4 atom stereocenters. The van der Waals surface area contributed by atoms with Crippen LogP contribution in [0.25, 0.3) is 0 Å². The number of nitrogens with zero attached hydrogens (tertiary/aromatic N) is 1. The lowest BCUT2D eigenvalue weighted by Gasteiger charge is -2.29. The summed E-state index contributed by atoms with van der Waals surface area (Å²) in [6, 6.07) is 9.03. The van der Waals surface area contributed by atoms with E-state index >= 15 is 0 Å². The Balaban J connectivity index is 1.86. The second kappa shape index (κ2) is 15.5. The molecule has 1 saturated heterocycles. The summed E-state index contributed by atoms with van der Waals surface area (Å²) in [5.41, 5.74) is 0.489. The van der Waals surface area contributed by atoms with Gasteiger partial charge in [0.1, 0.15) is 18.6 Å². The first kappa shape index (κ1) is 32.8. The molecule has 1 aromatic heterocycles. The highest BCUT2D eigenvalue weighted by Gasteiger charge is 2.42. The van der Waals surface area contributed by atoms with Gasteiger partial charge in [-0.05, 0) is 18.9 Å². The fourth-order valence-corrected chi connectivity index (χ4v) is 4.13. The molecule has 3 rings (SSSR count). The molecule has 1 aliphatic rings. The first-order valence-corrected chi connectivity index (χ1v) is 13.8. The van der Waals surface area contributed by atoms with Crippen molar-refractivity contribution in [3.8, 4) is 11.5 Å². The molecule has 13 heteroatoms. The van der Waals surface area contributed by atoms with Gasteiger partial charge in [-0.3, -0.25) is 19.2 Å². The molecule has 2 heterocycles. The van der Waals surface area contributed by atoms with E-state index in [0.717, 1.165) is 5.56 Å². The summed E-state index contributed by atoms with van der Waals surface area (Å²) in [5.74, 6) is -5.20. The number of aromatic nitrogens is 1. The van der Waals surface area contributed by atoms with Gasteiger partial charge in [-0.2, -0.15) is 0 Å². The Morgan fingerprint density at radius 3 is 2.47 bits per heavy atom. The normalized spacial score (nSPS) is 20.4. The van der Waals surface area contributed by atoms with Crippen LogP contribution in [0.5, 0.6) is 11.5 Å². The molecule has 13 nitrogen and oxygen atoms in total. The van der Waals surface area contributed by atoms with Crippen LogP contribution in [0.3, 0.4) is 0 Å². The third-order valence-corrected chi connectivity index (χ3v) is 6.48. The van der Waals surface area contributed by atoms with Crippen LogP contribution in [-0.2, 0) is 44.5 Å². The highest BCUT2D eigenvalue weighted by Crippen LogP contribution is 2.30. The Labute approximate surface area is 249 Å². The summed E-state index contributed by atoms with van der Waals surface area (Å²) < 4.78 is 32.4. The number of benzene rings is 1. The molecule has 2 aromatic rings. The fourth-order valence-electron chi connectivity index (χ4n) is 4.13. The summed E-state index contributed by atoms with van der Waals surface area (Å²) in [7, 11) is 1.34. The lowest BCUT2D eigenvalue weighted by atomic mass is 9.91. The summed E-state index contributed by atoms with van der Waals surface area (Å²) in [6.45, 7) is 5.30. The minimum Gasteiger partial charge on any atom is -0.493 e. The number of carbonyl (C=O) groups is 5. The molecule has 4 unspecified atom stereocenters. The third-order valence-electron chi connectivity index (χ3n) is 6.48. The van der Waals surface area contributed by atoms with E-state index < -0.39 is 73.3 Å². The average molecular weight is 601 g/mol. The lowest BCUT2D eigenvalue weighted by Crippen LogP contribution is -2.47. The highest BCUT2D eigenvalue weighted by atomic mass is 16.7. The van der Waals surface area contributed by atoms with Gasteiger partial charge in [-0.15, -0.1) is 0 Å². The van der Waals surface area contributed by atoms with Gasteiger partial charge in [0.2, 0.25) is 6.79 Å². The van der Waals surface area contributed by atoms with E-state index in [2.05, 4.69) is 10.3 Å². The number of amides is 1. The number of ether oxygens (including phenoxy) is 6. The van der Waals surface area contributed by atoms with E-state index in [9.17, 15) is 24.0 Å². The smallest absolute Gasteiger partial charge is 0.332 e. The predicted molar refractivity (Wildman–Crippen MR) is 149 cm³/mol. The van der Waals surface area contributed by atoms with Gasteiger partial charge in [0.25, 0.3) is 5.91 Å². The number of hydrogen-bond acceptors (Lipinski definition) is 12. The highest BCUT2D eigenvalue weighted by molar-refractivity contribution is 5.98. The maximum absolute atomic E-state index is 13.4. The maximum atomic E-state index is 13.4. The minimum absolute atomic E-state index is 0.114. The van der Waals surface area contributed by atoms with Crippen molar-refractivity contribution < 1.29 is 52.4 Å². The van der Waals surface area contributed by atoms with Crippen molar-refractivity contribution in [1.82, 2.24) is 10.3 Å². The van der Waals surface area contributed by atoms with E-state index in [1.54, 1.807) is 32.9 Å². The number of hydrogen-bond donors (Lipinski definition) is 1. The Morgan fingerprint density at radius 1 is 1.09 bits per heavy atom. The van der Waals surface area contributed by atoms with Crippen molar-refractivity contribution in [1.29, 1.82) is 0 Å². The molecular formula is C30H36N2O11. The first-order chi connectivity index (χ1) is 20.5. The number of pyridine rings is 1. The molecule has 232 valence electrons. The van der Waals surface area contributed by atoms with Gasteiger partial charge in [0, 0.05) is 18.7 Å². The largest absolute Gasteiger partial charge is 0.493 e. The molecule has 1 aromatic carbocycles. The number of carbonyl (C=O) groups excluding carboxylic acids is 5. The molecule has 0 saturated carbocycles. The fraction of sp³-hybridized carbons (Fsp3) is 0.467. The van der Waals surface area contributed by atoms with Crippen molar-refractivity contribution in [2.75, 3.05) is 20.5 Å². The van der Waals surface area contributed by atoms with E-state index in [1.165, 1.54) is 26.3 Å². The Kier molecular flexibility index (Phi) is 11.8. The van der Waals surface area contributed by atoms with Gasteiger partial charge in [-0.1, -0.05) is 51.1 Å².